The maximum Gasteiger partial charge on any atom is 0.413 e. The number of carbonyl (C=O) groups is 2. The number of ether oxygens (including phenoxy) is 1. The lowest BCUT2D eigenvalue weighted by Crippen LogP contribution is -2.35. The molecule has 3 aromatic rings. The van der Waals surface area contributed by atoms with Gasteiger partial charge in [-0.25, -0.2) is 14.5 Å². The number of halogens is 4. The van der Waals surface area contributed by atoms with Crippen molar-refractivity contribution in [3.8, 4) is 11.4 Å². The minimum absolute atomic E-state index is 0.0653. The van der Waals surface area contributed by atoms with Crippen LogP contribution in [0, 0.1) is 17.8 Å². The monoisotopic (exact) mass is 564 g/mol. The molecule has 15 heteroatoms. The Morgan fingerprint density at radius 2 is 1.92 bits per heavy atom. The fraction of sp³-hybridized carbons (Fsp3) is 0.417. The summed E-state index contributed by atoms with van der Waals surface area (Å²) in [6, 6.07) is 6.61. The number of amides is 2. The first-order chi connectivity index (χ1) is 18.5. The highest BCUT2D eigenvalue weighted by atomic mass is 35.5. The van der Waals surface area contributed by atoms with Gasteiger partial charge < -0.3 is 10.1 Å². The number of nitrogens with one attached hydrogen (secondary N) is 2. The minimum atomic E-state index is -4.24. The van der Waals surface area contributed by atoms with Gasteiger partial charge in [0, 0.05) is 37.8 Å². The highest BCUT2D eigenvalue weighted by molar-refractivity contribution is 6.30. The summed E-state index contributed by atoms with van der Waals surface area (Å²) in [5.41, 5.74) is 1.64. The van der Waals surface area contributed by atoms with Crippen LogP contribution in [0.3, 0.4) is 0 Å². The molecule has 0 spiro atoms. The average Bonchev–Trinajstić information content (AvgIpc) is 3.17. The van der Waals surface area contributed by atoms with Crippen LogP contribution in [0.5, 0.6) is 0 Å². The summed E-state index contributed by atoms with van der Waals surface area (Å²) in [6.45, 7) is 1.23. The second-order valence-corrected chi connectivity index (χ2v) is 9.91. The first kappa shape index (κ1) is 26.8. The zero-order valence-corrected chi connectivity index (χ0v) is 21.6. The molecule has 5 rings (SSSR count). The highest BCUT2D eigenvalue weighted by Crippen LogP contribution is 2.52. The maximum absolute atomic E-state index is 12.6. The van der Waals surface area contributed by atoms with Gasteiger partial charge in [-0.1, -0.05) is 22.9 Å². The third-order valence-electron chi connectivity index (χ3n) is 6.81. The van der Waals surface area contributed by atoms with Crippen molar-refractivity contribution in [1.82, 2.24) is 29.9 Å². The van der Waals surface area contributed by atoms with Crippen molar-refractivity contribution in [2.45, 2.75) is 19.2 Å². The molecule has 1 saturated carbocycles. The number of pyridine rings is 2. The van der Waals surface area contributed by atoms with Crippen molar-refractivity contribution in [1.29, 1.82) is 0 Å². The molecule has 2 aliphatic rings. The highest BCUT2D eigenvalue weighted by Gasteiger charge is 2.60. The van der Waals surface area contributed by atoms with Crippen molar-refractivity contribution >= 4 is 35.1 Å². The van der Waals surface area contributed by atoms with E-state index in [0.29, 0.717) is 16.9 Å². The van der Waals surface area contributed by atoms with E-state index in [1.807, 2.05) is 0 Å². The molecule has 2 N–H and O–H groups in total. The molecule has 3 aromatic heterocycles. The number of aryl methyl sites for hydroxylation is 1. The number of aromatic nitrogens is 5. The summed E-state index contributed by atoms with van der Waals surface area (Å²) in [5, 5.41) is 13.6. The van der Waals surface area contributed by atoms with Gasteiger partial charge in [0.15, 0.2) is 11.5 Å². The van der Waals surface area contributed by atoms with Crippen LogP contribution in [-0.4, -0.2) is 67.7 Å². The Kier molecular flexibility index (Phi) is 7.16. The van der Waals surface area contributed by atoms with Crippen LogP contribution in [0.1, 0.15) is 18.6 Å². The Hall–Kier alpha value is -3.78. The number of anilines is 2. The van der Waals surface area contributed by atoms with Gasteiger partial charge in [0.05, 0.1) is 24.1 Å². The molecular formula is C24H24ClF3N8O3. The molecule has 1 aliphatic heterocycles. The van der Waals surface area contributed by atoms with E-state index in [1.54, 1.807) is 38.2 Å². The molecule has 2 amide bonds. The molecule has 1 saturated heterocycles. The largest absolute Gasteiger partial charge is 0.441 e. The summed E-state index contributed by atoms with van der Waals surface area (Å²) in [4.78, 5) is 34.9. The van der Waals surface area contributed by atoms with E-state index >= 15 is 0 Å². The first-order valence-electron chi connectivity index (χ1n) is 12.0. The zero-order chi connectivity index (χ0) is 27.9. The van der Waals surface area contributed by atoms with E-state index < -0.39 is 24.9 Å². The smallest absolute Gasteiger partial charge is 0.413 e. The van der Waals surface area contributed by atoms with Crippen molar-refractivity contribution in [2.24, 2.45) is 24.8 Å². The van der Waals surface area contributed by atoms with Gasteiger partial charge in [0.2, 0.25) is 5.91 Å². The van der Waals surface area contributed by atoms with Crippen molar-refractivity contribution in [2.75, 3.05) is 30.3 Å². The molecule has 4 heterocycles. The number of nitrogens with zero attached hydrogens (tertiary/aromatic N) is 6. The Morgan fingerprint density at radius 1 is 1.18 bits per heavy atom. The summed E-state index contributed by atoms with van der Waals surface area (Å²) in [5.74, 6) is -0.435. The minimum Gasteiger partial charge on any atom is -0.441 e. The van der Waals surface area contributed by atoms with Gasteiger partial charge >= 0.3 is 12.3 Å². The van der Waals surface area contributed by atoms with E-state index in [2.05, 4.69) is 30.9 Å². The third kappa shape index (κ3) is 5.96. The van der Waals surface area contributed by atoms with Crippen LogP contribution in [-0.2, 0) is 16.6 Å². The van der Waals surface area contributed by atoms with E-state index in [1.165, 1.54) is 22.0 Å². The third-order valence-corrected chi connectivity index (χ3v) is 7.12. The Balaban J connectivity index is 1.18. The SMILES string of the molecule is C[C@@H](OC(=O)Nc1c(-c2ccc(NC(=O)C3[C@H]4CN(CC(F)(F)F)C[C@@H]34)cn2)nnn1C)c1cccnc1Cl. The quantitative estimate of drug-likeness (QED) is 0.414. The number of hydrogen-bond donors (Lipinski definition) is 2. The Morgan fingerprint density at radius 3 is 2.56 bits per heavy atom. The number of carbonyl (C=O) groups excluding carboxylic acids is 2. The van der Waals surface area contributed by atoms with E-state index in [0.717, 1.165) is 0 Å². The van der Waals surface area contributed by atoms with E-state index in [-0.39, 0.29) is 53.4 Å². The number of hydrogen-bond acceptors (Lipinski definition) is 8. The molecular weight excluding hydrogens is 541 g/mol. The first-order valence-corrected chi connectivity index (χ1v) is 12.4. The Bertz CT molecular complexity index is 1370. The summed E-state index contributed by atoms with van der Waals surface area (Å²) in [7, 11) is 1.59. The molecule has 4 atom stereocenters. The average molecular weight is 565 g/mol. The maximum atomic E-state index is 12.6. The van der Waals surface area contributed by atoms with Gasteiger partial charge in [0.1, 0.15) is 11.3 Å². The van der Waals surface area contributed by atoms with E-state index in [4.69, 9.17) is 16.3 Å². The molecule has 1 aliphatic carbocycles. The van der Waals surface area contributed by atoms with Crippen LogP contribution >= 0.6 is 11.6 Å². The summed E-state index contributed by atoms with van der Waals surface area (Å²) < 4.78 is 44.5. The van der Waals surface area contributed by atoms with Crippen LogP contribution in [0.15, 0.2) is 36.7 Å². The molecule has 11 nitrogen and oxygen atoms in total. The molecule has 39 heavy (non-hydrogen) atoms. The van der Waals surface area contributed by atoms with Crippen LogP contribution in [0.2, 0.25) is 5.15 Å². The number of alkyl halides is 3. The van der Waals surface area contributed by atoms with Crippen LogP contribution in [0.25, 0.3) is 11.4 Å². The molecule has 1 unspecified atom stereocenters. The molecule has 2 fully saturated rings. The second-order valence-electron chi connectivity index (χ2n) is 9.55. The fourth-order valence-electron chi connectivity index (χ4n) is 4.94. The standard InChI is InChI=1S/C24H24ClF3N8O3/c1-12(14-4-3-7-29-20(14)25)39-23(38)32-21-19(33-34-35(21)2)17-6-5-13(8-30-17)31-22(37)18-15-9-36(10-16(15)18)11-24(26,27)28/h3-8,12,15-16,18H,9-11H2,1-2H3,(H,31,37)(H,32,38)/t12-,15-,16+,18?/m1/s1. The zero-order valence-electron chi connectivity index (χ0n) is 20.8. The summed E-state index contributed by atoms with van der Waals surface area (Å²) >= 11 is 6.07. The predicted octanol–water partition coefficient (Wildman–Crippen LogP) is 3.91. The van der Waals surface area contributed by atoms with Gasteiger partial charge in [-0.2, -0.15) is 13.2 Å². The van der Waals surface area contributed by atoms with Crippen molar-refractivity contribution in [3.05, 3.63) is 47.4 Å². The predicted molar refractivity (Wildman–Crippen MR) is 134 cm³/mol. The Labute approximate surface area is 225 Å². The number of fused-ring (bicyclic) bond motifs is 1. The van der Waals surface area contributed by atoms with Crippen molar-refractivity contribution < 1.29 is 27.5 Å². The topological polar surface area (TPSA) is 127 Å². The molecule has 206 valence electrons. The second kappa shape index (κ2) is 10.4. The fourth-order valence-corrected chi connectivity index (χ4v) is 5.21. The van der Waals surface area contributed by atoms with Gasteiger partial charge in [-0.3, -0.25) is 20.0 Å². The lowest BCUT2D eigenvalue weighted by Gasteiger charge is -2.20. The van der Waals surface area contributed by atoms with Gasteiger partial charge in [-0.05, 0) is 37.0 Å². The lowest BCUT2D eigenvalue weighted by atomic mass is 10.2. The van der Waals surface area contributed by atoms with Crippen LogP contribution < -0.4 is 10.6 Å². The molecule has 0 bridgehead atoms. The summed E-state index contributed by atoms with van der Waals surface area (Å²) in [6.07, 6.45) is -2.71. The lowest BCUT2D eigenvalue weighted by molar-refractivity contribution is -0.145. The van der Waals surface area contributed by atoms with Crippen molar-refractivity contribution in [3.63, 3.8) is 0 Å². The molecule has 0 aromatic carbocycles. The molecule has 0 radical (unpaired) electrons. The number of likely N-dealkylation sites (tertiary alicyclic amines) is 1. The van der Waals surface area contributed by atoms with E-state index in [9.17, 15) is 22.8 Å². The number of piperidine rings is 1. The van der Waals surface area contributed by atoms with Gasteiger partial charge in [0.25, 0.3) is 0 Å². The normalized spacial score (nSPS) is 21.2. The van der Waals surface area contributed by atoms with Gasteiger partial charge in [-0.15, -0.1) is 5.10 Å². The number of rotatable bonds is 7. The van der Waals surface area contributed by atoms with Crippen LogP contribution in [0.4, 0.5) is 29.5 Å².